The molecular weight excluding hydrogens is 633 g/mol. The minimum Gasteiger partial charge on any atom is -0.309 e. The van der Waals surface area contributed by atoms with Gasteiger partial charge in [-0.3, -0.25) is 0 Å². The fraction of sp³-hybridized carbons (Fsp3) is 0. The van der Waals surface area contributed by atoms with E-state index in [0.29, 0.717) is 0 Å². The topological polar surface area (TPSA) is 18.7 Å². The van der Waals surface area contributed by atoms with Crippen molar-refractivity contribution in [1.82, 2.24) is 17.9 Å². The summed E-state index contributed by atoms with van der Waals surface area (Å²) in [6, 6.07) is 62.4. The molecule has 0 fully saturated rings. The van der Waals surface area contributed by atoms with Gasteiger partial charge in [-0.15, -0.1) is 0 Å². The van der Waals surface area contributed by atoms with Gasteiger partial charge in [0, 0.05) is 54.5 Å². The largest absolute Gasteiger partial charge is 0.309 e. The minimum atomic E-state index is 1.16. The molecule has 13 rings (SSSR count). The summed E-state index contributed by atoms with van der Waals surface area (Å²) < 4.78 is 10.1. The molecule has 0 aliphatic heterocycles. The summed E-state index contributed by atoms with van der Waals surface area (Å²) in [4.78, 5) is 0. The fourth-order valence-electron chi connectivity index (χ4n) is 9.72. The van der Waals surface area contributed by atoms with E-state index in [-0.39, 0.29) is 0 Å². The third kappa shape index (κ3) is 3.07. The SMILES string of the molecule is c1ccc(-n2c3ccccc3c3c4c5ccccc5n5c4c(cc32)n2c3ccccc3c3cc4c(c6ccccc6n4-c4ccccc4)c5c32)cc1. The number of hydrogen-bond donors (Lipinski definition) is 0. The molecule has 0 amide bonds. The van der Waals surface area contributed by atoms with Crippen LogP contribution in [-0.4, -0.2) is 17.9 Å². The number of nitrogens with zero attached hydrogens (tertiary/aromatic N) is 4. The number of para-hydroxylation sites is 6. The molecule has 0 N–H and O–H groups in total. The summed E-state index contributed by atoms with van der Waals surface area (Å²) in [6.07, 6.45) is 0. The van der Waals surface area contributed by atoms with Crippen molar-refractivity contribution in [3.8, 4) is 11.4 Å². The van der Waals surface area contributed by atoms with Crippen LogP contribution in [0.5, 0.6) is 0 Å². The highest BCUT2D eigenvalue weighted by Gasteiger charge is 2.28. The van der Waals surface area contributed by atoms with E-state index in [2.05, 4.69) is 188 Å². The molecule has 13 aromatic rings. The summed E-state index contributed by atoms with van der Waals surface area (Å²) in [5.74, 6) is 0. The molecule has 5 heterocycles. The van der Waals surface area contributed by atoms with E-state index >= 15 is 0 Å². The average molecular weight is 661 g/mol. The summed E-state index contributed by atoms with van der Waals surface area (Å²) in [5.41, 5.74) is 14.6. The average Bonchev–Trinajstić information content (AvgIpc) is 3.93. The monoisotopic (exact) mass is 660 g/mol. The normalized spacial score (nSPS) is 12.6. The molecule has 52 heavy (non-hydrogen) atoms. The lowest BCUT2D eigenvalue weighted by Crippen LogP contribution is -2.00. The first-order valence-electron chi connectivity index (χ1n) is 18.0. The number of rotatable bonds is 2. The minimum absolute atomic E-state index is 1.16. The van der Waals surface area contributed by atoms with E-state index < -0.39 is 0 Å². The number of benzene rings is 8. The van der Waals surface area contributed by atoms with E-state index in [0.717, 1.165) is 11.4 Å². The number of aromatic nitrogens is 4. The molecule has 0 bridgehead atoms. The molecule has 0 radical (unpaired) electrons. The maximum Gasteiger partial charge on any atom is 0.0811 e. The lowest BCUT2D eigenvalue weighted by Gasteiger charge is -2.15. The predicted molar refractivity (Wildman–Crippen MR) is 218 cm³/mol. The van der Waals surface area contributed by atoms with Crippen molar-refractivity contribution < 1.29 is 0 Å². The van der Waals surface area contributed by atoms with Crippen molar-refractivity contribution >= 4 is 98.3 Å². The summed E-state index contributed by atoms with van der Waals surface area (Å²) in [6.45, 7) is 0. The van der Waals surface area contributed by atoms with Crippen molar-refractivity contribution in [3.63, 3.8) is 0 Å². The van der Waals surface area contributed by atoms with Crippen LogP contribution in [-0.2, 0) is 0 Å². The Bertz CT molecular complexity index is 3570. The Morgan fingerprint density at radius 1 is 0.250 bits per heavy atom. The third-order valence-electron chi connectivity index (χ3n) is 11.6. The van der Waals surface area contributed by atoms with Gasteiger partial charge in [0.2, 0.25) is 0 Å². The highest BCUT2D eigenvalue weighted by atomic mass is 15.0. The Kier molecular flexibility index (Phi) is 4.83. The van der Waals surface area contributed by atoms with E-state index in [9.17, 15) is 0 Å². The van der Waals surface area contributed by atoms with E-state index in [1.807, 2.05) is 0 Å². The zero-order chi connectivity index (χ0) is 33.7. The van der Waals surface area contributed by atoms with E-state index in [4.69, 9.17) is 0 Å². The van der Waals surface area contributed by atoms with Crippen LogP contribution in [0.15, 0.2) is 170 Å². The van der Waals surface area contributed by atoms with Crippen molar-refractivity contribution in [2.75, 3.05) is 0 Å². The van der Waals surface area contributed by atoms with Gasteiger partial charge >= 0.3 is 0 Å². The van der Waals surface area contributed by atoms with Gasteiger partial charge in [-0.2, -0.15) is 0 Å². The van der Waals surface area contributed by atoms with Gasteiger partial charge in [-0.25, -0.2) is 0 Å². The Morgan fingerprint density at radius 2 is 0.712 bits per heavy atom. The third-order valence-corrected chi connectivity index (χ3v) is 11.6. The van der Waals surface area contributed by atoms with Gasteiger partial charge in [0.15, 0.2) is 0 Å². The summed E-state index contributed by atoms with van der Waals surface area (Å²) >= 11 is 0. The predicted octanol–water partition coefficient (Wildman–Crippen LogP) is 12.4. The molecule has 4 nitrogen and oxygen atoms in total. The van der Waals surface area contributed by atoms with E-state index in [1.165, 1.54) is 98.3 Å². The second-order valence-corrected chi connectivity index (χ2v) is 14.1. The van der Waals surface area contributed by atoms with Crippen LogP contribution in [0.1, 0.15) is 0 Å². The van der Waals surface area contributed by atoms with Gasteiger partial charge in [0.1, 0.15) is 0 Å². The molecule has 8 aromatic carbocycles. The van der Waals surface area contributed by atoms with Crippen LogP contribution in [0, 0.1) is 0 Å². The van der Waals surface area contributed by atoms with Crippen LogP contribution in [0.3, 0.4) is 0 Å². The highest BCUT2D eigenvalue weighted by Crippen LogP contribution is 2.49. The van der Waals surface area contributed by atoms with Crippen LogP contribution in [0.2, 0.25) is 0 Å². The van der Waals surface area contributed by atoms with Gasteiger partial charge in [0.25, 0.3) is 0 Å². The maximum atomic E-state index is 2.61. The summed E-state index contributed by atoms with van der Waals surface area (Å²) in [7, 11) is 0. The van der Waals surface area contributed by atoms with Gasteiger partial charge in [-0.1, -0.05) is 109 Å². The highest BCUT2D eigenvalue weighted by molar-refractivity contribution is 6.36. The Hall–Kier alpha value is -7.04. The molecule has 0 unspecified atom stereocenters. The van der Waals surface area contributed by atoms with Crippen molar-refractivity contribution in [3.05, 3.63) is 170 Å². The molecule has 0 spiro atoms. The van der Waals surface area contributed by atoms with Crippen LogP contribution in [0.4, 0.5) is 0 Å². The van der Waals surface area contributed by atoms with Crippen molar-refractivity contribution in [2.45, 2.75) is 0 Å². The van der Waals surface area contributed by atoms with Gasteiger partial charge < -0.3 is 17.9 Å². The maximum absolute atomic E-state index is 2.61. The molecule has 240 valence electrons. The van der Waals surface area contributed by atoms with Crippen molar-refractivity contribution in [1.29, 1.82) is 0 Å². The van der Waals surface area contributed by atoms with E-state index in [1.54, 1.807) is 0 Å². The Labute approximate surface area is 296 Å². The molecule has 0 aliphatic carbocycles. The zero-order valence-corrected chi connectivity index (χ0v) is 28.0. The van der Waals surface area contributed by atoms with Crippen LogP contribution < -0.4 is 0 Å². The van der Waals surface area contributed by atoms with Crippen molar-refractivity contribution in [2.24, 2.45) is 0 Å². The quantitative estimate of drug-likeness (QED) is 0.164. The molecule has 0 saturated carbocycles. The lowest BCUT2D eigenvalue weighted by atomic mass is 10.0. The fourth-order valence-corrected chi connectivity index (χ4v) is 9.72. The van der Waals surface area contributed by atoms with Crippen LogP contribution in [0.25, 0.3) is 110 Å². The molecule has 0 atom stereocenters. The molecular formula is C48H28N4. The number of hydrogen-bond acceptors (Lipinski definition) is 0. The molecule has 4 heteroatoms. The standard InChI is InChI=1S/C48H28N4/c1-3-15-29(16-4-1)49-38-25-13-9-21-33(38)44-40(49)27-35-31-19-7-11-23-36(31)51-42-28-41-43(32-20-8-12-24-37(32)50(41)30-17-5-2-6-18-30)45-34-22-10-14-26-39(34)52(47(42)45)48(44)46(35)51/h1-28H. The first-order chi connectivity index (χ1) is 25.9. The zero-order valence-electron chi connectivity index (χ0n) is 28.0. The molecule has 0 aliphatic rings. The lowest BCUT2D eigenvalue weighted by molar-refractivity contribution is 1.18. The molecule has 5 aromatic heterocycles. The molecule has 0 saturated heterocycles. The Morgan fingerprint density at radius 3 is 1.33 bits per heavy atom. The first-order valence-corrected chi connectivity index (χ1v) is 18.0. The number of fused-ring (bicyclic) bond motifs is 16. The van der Waals surface area contributed by atoms with Crippen LogP contribution >= 0.6 is 0 Å². The second kappa shape index (κ2) is 9.39. The Balaban J connectivity index is 1.41. The second-order valence-electron chi connectivity index (χ2n) is 14.1. The smallest absolute Gasteiger partial charge is 0.0811 e. The van der Waals surface area contributed by atoms with Gasteiger partial charge in [0.05, 0.1) is 55.2 Å². The summed E-state index contributed by atoms with van der Waals surface area (Å²) in [5, 5.41) is 10.2. The van der Waals surface area contributed by atoms with Gasteiger partial charge in [-0.05, 0) is 60.7 Å². The first kappa shape index (κ1) is 26.8.